The van der Waals surface area contributed by atoms with E-state index in [0.717, 1.165) is 63.8 Å². The number of benzene rings is 1. The third-order valence-corrected chi connectivity index (χ3v) is 7.22. The van der Waals surface area contributed by atoms with Crippen molar-refractivity contribution in [2.24, 2.45) is 10.4 Å². The maximum absolute atomic E-state index is 9.62. The lowest BCUT2D eigenvalue weighted by atomic mass is 9.72. The van der Waals surface area contributed by atoms with E-state index in [0.29, 0.717) is 0 Å². The third-order valence-electron chi connectivity index (χ3n) is 7.22. The topological polar surface area (TPSA) is 75.1 Å². The minimum atomic E-state index is 0.0222. The van der Waals surface area contributed by atoms with Crippen LogP contribution in [0.2, 0.25) is 0 Å². The highest BCUT2D eigenvalue weighted by Gasteiger charge is 2.35. The van der Waals surface area contributed by atoms with Crippen LogP contribution in [0.25, 0.3) is 0 Å². The van der Waals surface area contributed by atoms with Crippen LogP contribution >= 0.6 is 0 Å². The lowest BCUT2D eigenvalue weighted by Gasteiger charge is -2.39. The molecule has 1 aliphatic carbocycles. The van der Waals surface area contributed by atoms with E-state index in [1.807, 2.05) is 12.1 Å². The van der Waals surface area contributed by atoms with Crippen molar-refractivity contribution < 1.29 is 14.6 Å². The van der Waals surface area contributed by atoms with E-state index in [4.69, 9.17) is 14.5 Å². The lowest BCUT2D eigenvalue weighted by molar-refractivity contribution is 0.0513. The van der Waals surface area contributed by atoms with E-state index < -0.39 is 0 Å². The standard InChI is InChI=1S/C25H41N3O3/c1-3-26-23(27-19-24(13-16-29)11-5-4-6-12-24)28-20-25(14-17-31-18-15-25)21-7-9-22(30-2)10-8-21/h7-10,29H,3-6,11-20H2,1-2H3,(H2,26,27,28). The Balaban J connectivity index is 1.72. The Kier molecular flexibility index (Phi) is 9.02. The molecular formula is C25H41N3O3. The summed E-state index contributed by atoms with van der Waals surface area (Å²) in [6.45, 7) is 6.34. The van der Waals surface area contributed by atoms with Crippen molar-refractivity contribution in [3.8, 4) is 5.75 Å². The molecule has 3 N–H and O–H groups in total. The van der Waals surface area contributed by atoms with Gasteiger partial charge in [0.05, 0.1) is 7.11 Å². The fourth-order valence-electron chi connectivity index (χ4n) is 5.14. The van der Waals surface area contributed by atoms with Crippen LogP contribution in [0.4, 0.5) is 0 Å². The highest BCUT2D eigenvalue weighted by atomic mass is 16.5. The minimum absolute atomic E-state index is 0.0222. The van der Waals surface area contributed by atoms with E-state index in [2.05, 4.69) is 29.7 Å². The zero-order chi connectivity index (χ0) is 22.0. The lowest BCUT2D eigenvalue weighted by Crippen LogP contribution is -2.48. The molecule has 1 heterocycles. The van der Waals surface area contributed by atoms with Crippen LogP contribution in [0.5, 0.6) is 5.75 Å². The van der Waals surface area contributed by atoms with Gasteiger partial charge in [0.15, 0.2) is 5.96 Å². The molecule has 0 aromatic heterocycles. The van der Waals surface area contributed by atoms with Crippen LogP contribution in [0, 0.1) is 5.41 Å². The van der Waals surface area contributed by atoms with Gasteiger partial charge >= 0.3 is 0 Å². The fraction of sp³-hybridized carbons (Fsp3) is 0.720. The van der Waals surface area contributed by atoms with Crippen LogP contribution in [0.1, 0.15) is 63.9 Å². The first-order chi connectivity index (χ1) is 15.2. The van der Waals surface area contributed by atoms with Gasteiger partial charge in [-0.25, -0.2) is 0 Å². The number of aliphatic hydroxyl groups is 1. The van der Waals surface area contributed by atoms with Gasteiger partial charge in [-0.3, -0.25) is 4.99 Å². The first-order valence-corrected chi connectivity index (χ1v) is 12.0. The van der Waals surface area contributed by atoms with Crippen LogP contribution in [-0.2, 0) is 10.2 Å². The molecule has 1 saturated carbocycles. The van der Waals surface area contributed by atoms with E-state index in [9.17, 15) is 5.11 Å². The molecule has 0 bridgehead atoms. The molecule has 1 saturated heterocycles. The van der Waals surface area contributed by atoms with E-state index in [1.165, 1.54) is 37.7 Å². The number of nitrogens with one attached hydrogen (secondary N) is 2. The summed E-state index contributed by atoms with van der Waals surface area (Å²) in [7, 11) is 1.70. The maximum Gasteiger partial charge on any atom is 0.191 e. The Morgan fingerprint density at radius 2 is 1.77 bits per heavy atom. The van der Waals surface area contributed by atoms with Crippen molar-refractivity contribution in [1.29, 1.82) is 0 Å². The molecule has 1 aromatic rings. The van der Waals surface area contributed by atoms with Crippen LogP contribution < -0.4 is 15.4 Å². The molecule has 6 nitrogen and oxygen atoms in total. The molecule has 2 fully saturated rings. The summed E-state index contributed by atoms with van der Waals surface area (Å²) >= 11 is 0. The minimum Gasteiger partial charge on any atom is -0.497 e. The molecule has 0 amide bonds. The van der Waals surface area contributed by atoms with Gasteiger partial charge in [0.2, 0.25) is 0 Å². The molecule has 31 heavy (non-hydrogen) atoms. The normalized spacial score (nSPS) is 20.8. The van der Waals surface area contributed by atoms with Crippen LogP contribution in [0.3, 0.4) is 0 Å². The summed E-state index contributed by atoms with van der Waals surface area (Å²) < 4.78 is 11.0. The van der Waals surface area contributed by atoms with Gasteiger partial charge in [0.1, 0.15) is 5.75 Å². The summed E-state index contributed by atoms with van der Waals surface area (Å²) in [5.74, 6) is 1.76. The van der Waals surface area contributed by atoms with Crippen molar-refractivity contribution in [3.63, 3.8) is 0 Å². The van der Waals surface area contributed by atoms with Gasteiger partial charge in [0.25, 0.3) is 0 Å². The number of hydrogen-bond donors (Lipinski definition) is 3. The third kappa shape index (κ3) is 6.36. The smallest absolute Gasteiger partial charge is 0.191 e. The highest BCUT2D eigenvalue weighted by molar-refractivity contribution is 5.80. The van der Waals surface area contributed by atoms with Crippen molar-refractivity contribution >= 4 is 5.96 Å². The maximum atomic E-state index is 9.62. The number of hydrogen-bond acceptors (Lipinski definition) is 4. The largest absolute Gasteiger partial charge is 0.497 e. The molecule has 3 rings (SSSR count). The van der Waals surface area contributed by atoms with Gasteiger partial charge in [-0.1, -0.05) is 31.4 Å². The average Bonchev–Trinajstić information content (AvgIpc) is 2.82. The molecular weight excluding hydrogens is 390 g/mol. The number of rotatable bonds is 9. The molecule has 0 spiro atoms. The molecule has 0 atom stereocenters. The van der Waals surface area contributed by atoms with Crippen molar-refractivity contribution in [1.82, 2.24) is 10.6 Å². The SMILES string of the molecule is CCNC(=NCC1(CCO)CCCCC1)NCC1(c2ccc(OC)cc2)CCOCC1. The molecule has 2 aliphatic rings. The summed E-state index contributed by atoms with van der Waals surface area (Å²) in [5, 5.41) is 16.7. The van der Waals surface area contributed by atoms with Crippen LogP contribution in [0.15, 0.2) is 29.3 Å². The fourth-order valence-corrected chi connectivity index (χ4v) is 5.14. The number of aliphatic hydroxyl groups excluding tert-OH is 1. The highest BCUT2D eigenvalue weighted by Crippen LogP contribution is 2.39. The second-order valence-electron chi connectivity index (χ2n) is 9.20. The van der Waals surface area contributed by atoms with Crippen molar-refractivity contribution in [2.75, 3.05) is 46.6 Å². The Bertz CT molecular complexity index is 672. The second-order valence-corrected chi connectivity index (χ2v) is 9.20. The van der Waals surface area contributed by atoms with E-state index in [1.54, 1.807) is 7.11 Å². The van der Waals surface area contributed by atoms with Gasteiger partial charge in [-0.2, -0.15) is 0 Å². The van der Waals surface area contributed by atoms with Crippen molar-refractivity contribution in [2.45, 2.75) is 63.7 Å². The molecule has 1 aliphatic heterocycles. The van der Waals surface area contributed by atoms with E-state index in [-0.39, 0.29) is 17.4 Å². The molecule has 0 radical (unpaired) electrons. The summed E-state index contributed by atoms with van der Waals surface area (Å²) in [4.78, 5) is 5.00. The second kappa shape index (κ2) is 11.7. The summed E-state index contributed by atoms with van der Waals surface area (Å²) in [6.07, 6.45) is 8.97. The van der Waals surface area contributed by atoms with Gasteiger partial charge in [0, 0.05) is 44.9 Å². The molecule has 1 aromatic carbocycles. The number of ether oxygens (including phenoxy) is 2. The van der Waals surface area contributed by atoms with E-state index >= 15 is 0 Å². The molecule has 174 valence electrons. The Labute approximate surface area is 187 Å². The zero-order valence-electron chi connectivity index (χ0n) is 19.4. The predicted molar refractivity (Wildman–Crippen MR) is 126 cm³/mol. The molecule has 6 heteroatoms. The number of guanidine groups is 1. The van der Waals surface area contributed by atoms with Gasteiger partial charge in [-0.05, 0) is 62.1 Å². The zero-order valence-corrected chi connectivity index (χ0v) is 19.4. The van der Waals surface area contributed by atoms with Gasteiger partial charge in [-0.15, -0.1) is 0 Å². The number of nitrogens with zero attached hydrogens (tertiary/aromatic N) is 1. The monoisotopic (exact) mass is 431 g/mol. The van der Waals surface area contributed by atoms with Crippen LogP contribution in [-0.4, -0.2) is 57.6 Å². The van der Waals surface area contributed by atoms with Crippen molar-refractivity contribution in [3.05, 3.63) is 29.8 Å². The Morgan fingerprint density at radius 1 is 1.06 bits per heavy atom. The predicted octanol–water partition coefficient (Wildman–Crippen LogP) is 3.63. The van der Waals surface area contributed by atoms with Gasteiger partial charge < -0.3 is 25.2 Å². The number of aliphatic imine (C=N–C) groups is 1. The first kappa shape index (κ1) is 23.9. The molecule has 0 unspecified atom stereocenters. The Hall–Kier alpha value is -1.79. The Morgan fingerprint density at radius 3 is 2.39 bits per heavy atom. The first-order valence-electron chi connectivity index (χ1n) is 12.0. The summed E-state index contributed by atoms with van der Waals surface area (Å²) in [6, 6.07) is 8.48. The summed E-state index contributed by atoms with van der Waals surface area (Å²) in [5.41, 5.74) is 1.50. The quantitative estimate of drug-likeness (QED) is 0.411. The average molecular weight is 432 g/mol. The number of methoxy groups -OCH3 is 1.